The van der Waals surface area contributed by atoms with Crippen LogP contribution in [-0.2, 0) is 56.3 Å². The molecule has 0 aliphatic heterocycles. The van der Waals surface area contributed by atoms with Crippen molar-refractivity contribution in [3.05, 3.63) is 90.5 Å². The first-order chi connectivity index (χ1) is 31.0. The molecule has 1 amide bonds. The minimum atomic E-state index is -5.21. The first kappa shape index (κ1) is 51.8. The first-order valence-corrected chi connectivity index (χ1v) is 24.9. The minimum Gasteiger partial charge on any atom is -0.346 e. The van der Waals surface area contributed by atoms with Crippen LogP contribution in [0, 0.1) is 34.0 Å². The average molecular weight is 1120 g/mol. The molecule has 0 radical (unpaired) electrons. The highest BCUT2D eigenvalue weighted by molar-refractivity contribution is 14.1. The molecule has 0 unspecified atom stereocenters. The molecule has 362 valence electrons. The van der Waals surface area contributed by atoms with Crippen molar-refractivity contribution in [3.63, 3.8) is 0 Å². The highest BCUT2D eigenvalue weighted by Crippen LogP contribution is 2.43. The zero-order valence-electron chi connectivity index (χ0n) is 35.9. The van der Waals surface area contributed by atoms with E-state index in [1.165, 1.54) is 39.0 Å². The van der Waals surface area contributed by atoms with Crippen LogP contribution in [-0.4, -0.2) is 69.5 Å². The van der Waals surface area contributed by atoms with Crippen LogP contribution in [0.4, 0.5) is 45.3 Å². The number of carbonyl (C=O) groups is 1. The Labute approximate surface area is 397 Å². The summed E-state index contributed by atoms with van der Waals surface area (Å²) in [6.45, 7) is 3.47. The molecule has 1 fully saturated rings. The molecule has 12 nitrogen and oxygen atoms in total. The number of sulfone groups is 1. The maximum atomic E-state index is 15.3. The fourth-order valence-electron chi connectivity index (χ4n) is 7.32. The molecule has 0 bridgehead atoms. The fourth-order valence-corrected chi connectivity index (χ4v) is 10.5. The molecule has 25 heteroatoms. The number of sulfonamides is 1. The van der Waals surface area contributed by atoms with Crippen LogP contribution < -0.4 is 10.0 Å². The summed E-state index contributed by atoms with van der Waals surface area (Å²) in [5.74, 6) is -2.72. The van der Waals surface area contributed by atoms with Gasteiger partial charge in [0.05, 0.1) is 38.7 Å². The van der Waals surface area contributed by atoms with Gasteiger partial charge < -0.3 is 5.32 Å². The lowest BCUT2D eigenvalue weighted by atomic mass is 9.93. The summed E-state index contributed by atoms with van der Waals surface area (Å²) >= 11 is 8.41. The number of hydrogen-bond acceptors (Lipinski definition) is 8. The van der Waals surface area contributed by atoms with Crippen molar-refractivity contribution in [1.82, 2.24) is 29.9 Å². The highest BCUT2D eigenvalue weighted by Gasteiger charge is 2.46. The lowest BCUT2D eigenvalue weighted by molar-refractivity contribution is -0.142. The van der Waals surface area contributed by atoms with Crippen LogP contribution in [0.5, 0.6) is 0 Å². The molecule has 2 N–H and O–H groups in total. The monoisotopic (exact) mass is 1120 g/mol. The number of aromatic nitrogens is 5. The number of amides is 1. The zero-order chi connectivity index (χ0) is 49.8. The van der Waals surface area contributed by atoms with Crippen LogP contribution in [0.15, 0.2) is 36.4 Å². The summed E-state index contributed by atoms with van der Waals surface area (Å²) in [7, 11) is -7.91. The van der Waals surface area contributed by atoms with E-state index in [4.69, 9.17) is 16.6 Å². The molecule has 3 aromatic heterocycles. The fraction of sp³-hybridized carbons (Fsp3) is 0.429. The van der Waals surface area contributed by atoms with Crippen molar-refractivity contribution in [2.75, 3.05) is 10.5 Å². The quantitative estimate of drug-likeness (QED) is 0.0562. The van der Waals surface area contributed by atoms with E-state index in [9.17, 15) is 52.4 Å². The van der Waals surface area contributed by atoms with E-state index in [-0.39, 0.29) is 52.3 Å². The molecule has 1 atom stereocenters. The Hall–Kier alpha value is -4.61. The predicted octanol–water partition coefficient (Wildman–Crippen LogP) is 9.49. The second-order valence-corrected chi connectivity index (χ2v) is 22.5. The van der Waals surface area contributed by atoms with Crippen molar-refractivity contribution >= 4 is 76.7 Å². The lowest BCUT2D eigenvalue weighted by Gasteiger charge is -2.24. The third-order valence-corrected chi connectivity index (χ3v) is 16.1. The van der Waals surface area contributed by atoms with Gasteiger partial charge in [-0.1, -0.05) is 30.5 Å². The normalized spacial score (nSPS) is 14.3. The maximum absolute atomic E-state index is 15.3. The summed E-state index contributed by atoms with van der Waals surface area (Å²) in [6.07, 6.45) is -9.01. The number of alkyl halides is 7. The van der Waals surface area contributed by atoms with Crippen molar-refractivity contribution in [2.24, 2.45) is 0 Å². The molecule has 5 aromatic rings. The van der Waals surface area contributed by atoms with Gasteiger partial charge in [-0.3, -0.25) is 18.9 Å². The molecule has 67 heavy (non-hydrogen) atoms. The van der Waals surface area contributed by atoms with Crippen molar-refractivity contribution < 1.29 is 61.1 Å². The molecular formula is C42H40ClF9IN7O5S2. The Morgan fingerprint density at radius 1 is 0.970 bits per heavy atom. The lowest BCUT2D eigenvalue weighted by Crippen LogP contribution is -2.35. The van der Waals surface area contributed by atoms with Crippen molar-refractivity contribution in [2.45, 2.75) is 108 Å². The van der Waals surface area contributed by atoms with Gasteiger partial charge in [-0.25, -0.2) is 39.4 Å². The van der Waals surface area contributed by atoms with Gasteiger partial charge in [-0.15, -0.1) is 0 Å². The number of nitrogens with one attached hydrogen (secondary N) is 2. The molecule has 6 rings (SSSR count). The van der Waals surface area contributed by atoms with Crippen molar-refractivity contribution in [3.8, 4) is 23.0 Å². The van der Waals surface area contributed by atoms with Gasteiger partial charge in [0.2, 0.25) is 15.9 Å². The number of anilines is 1. The largest absolute Gasteiger partial charge is 0.435 e. The van der Waals surface area contributed by atoms with Crippen LogP contribution in [0.25, 0.3) is 22.0 Å². The first-order valence-electron chi connectivity index (χ1n) is 20.2. The smallest absolute Gasteiger partial charge is 0.346 e. The summed E-state index contributed by atoms with van der Waals surface area (Å²) in [4.78, 5) is 18.9. The number of fused-ring (bicyclic) bond motifs is 1. The number of halogens is 11. The van der Waals surface area contributed by atoms with Crippen LogP contribution >= 0.6 is 34.2 Å². The van der Waals surface area contributed by atoms with Gasteiger partial charge in [0.25, 0.3) is 12.3 Å². The summed E-state index contributed by atoms with van der Waals surface area (Å²) in [5, 5.41) is 9.03. The number of rotatable bonds is 16. The van der Waals surface area contributed by atoms with E-state index in [1.807, 2.05) is 0 Å². The van der Waals surface area contributed by atoms with Gasteiger partial charge in [0.15, 0.2) is 21.3 Å². The summed E-state index contributed by atoms with van der Waals surface area (Å²) < 4.78 is 185. The maximum Gasteiger partial charge on any atom is 0.435 e. The third-order valence-electron chi connectivity index (χ3n) is 10.8. The second-order valence-electron chi connectivity index (χ2n) is 16.1. The SMILES string of the molecule is CCC(F)(F)c1c(C)c(C(F)(F)F)nn1CC(=O)N[C@@H](Cc1cc(F)cc(F)c1)c1nc(C#CC(C)(C)S(=O)(=O)C2CC2)c(I)cc1-c1ccc(Cl)c2c(NS(=O)(=O)CC)nn(CC(F)F)c12. The van der Waals surface area contributed by atoms with Gasteiger partial charge in [-0.2, -0.15) is 32.1 Å². The van der Waals surface area contributed by atoms with Crippen LogP contribution in [0.3, 0.4) is 0 Å². The molecule has 0 saturated heterocycles. The molecule has 0 spiro atoms. The van der Waals surface area contributed by atoms with Crippen LogP contribution in [0.1, 0.15) is 86.9 Å². The number of pyridine rings is 1. The zero-order valence-corrected chi connectivity index (χ0v) is 40.4. The Kier molecular flexibility index (Phi) is 14.7. The molecule has 2 aromatic carbocycles. The highest BCUT2D eigenvalue weighted by atomic mass is 127. The molecule has 1 saturated carbocycles. The Morgan fingerprint density at radius 3 is 2.18 bits per heavy atom. The number of hydrogen-bond donors (Lipinski definition) is 2. The Bertz CT molecular complexity index is 3040. The van der Waals surface area contributed by atoms with Crippen molar-refractivity contribution in [1.29, 1.82) is 0 Å². The van der Waals surface area contributed by atoms with E-state index >= 15 is 8.78 Å². The summed E-state index contributed by atoms with van der Waals surface area (Å²) in [5.41, 5.74) is -4.69. The molecular weight excluding hydrogens is 1080 g/mol. The van der Waals surface area contributed by atoms with Gasteiger partial charge in [0.1, 0.15) is 40.9 Å². The second kappa shape index (κ2) is 19.1. The average Bonchev–Trinajstić information content (AvgIpc) is 3.94. The van der Waals surface area contributed by atoms with Gasteiger partial charge >= 0.3 is 6.18 Å². The van der Waals surface area contributed by atoms with E-state index in [1.54, 1.807) is 22.6 Å². The van der Waals surface area contributed by atoms with E-state index in [2.05, 4.69) is 32.1 Å². The Balaban J connectivity index is 1.64. The third kappa shape index (κ3) is 11.1. The van der Waals surface area contributed by atoms with Crippen LogP contribution in [0.2, 0.25) is 5.02 Å². The van der Waals surface area contributed by atoms with E-state index in [0.29, 0.717) is 18.9 Å². The van der Waals surface area contributed by atoms with Gasteiger partial charge in [0, 0.05) is 32.7 Å². The molecule has 1 aliphatic rings. The Morgan fingerprint density at radius 2 is 1.61 bits per heavy atom. The molecule has 3 heterocycles. The standard InChI is InChI=1S/C42H40ClF9IN7O5S2/c1-6-41(48,49)38-21(3)37(42(50,51)52)56-60(38)20-33(61)54-31(16-22-14-23(44)17-24(45)15-22)35-27(18-29(53)30(55-35)12-13-40(4,5)67(64,65)25-8-9-25)26-10-11-28(43)34-36(26)59(19-32(46)47)57-39(34)58-66(62,63)7-2/h10-11,14-15,17-18,25,31-32H,6-9,16,19-20H2,1-5H3,(H,54,61)(H,57,58)/t31-/m0/s1. The topological polar surface area (TPSA) is 158 Å². The molecule has 1 aliphatic carbocycles. The summed E-state index contributed by atoms with van der Waals surface area (Å²) in [6, 6.07) is 4.66. The van der Waals surface area contributed by atoms with E-state index in [0.717, 1.165) is 30.7 Å². The number of carbonyl (C=O) groups excluding carboxylic acids is 1. The number of benzene rings is 2. The number of nitrogens with zero attached hydrogens (tertiary/aromatic N) is 5. The predicted molar refractivity (Wildman–Crippen MR) is 240 cm³/mol. The minimum absolute atomic E-state index is 0.0434. The van der Waals surface area contributed by atoms with E-state index < -0.39 is 126 Å². The van der Waals surface area contributed by atoms with Gasteiger partial charge in [-0.05, 0) is 105 Å².